The van der Waals surface area contributed by atoms with Gasteiger partial charge in [-0.3, -0.25) is 9.78 Å². The summed E-state index contributed by atoms with van der Waals surface area (Å²) in [6.45, 7) is 1.83. The summed E-state index contributed by atoms with van der Waals surface area (Å²) in [7, 11) is 0. The van der Waals surface area contributed by atoms with Crippen molar-refractivity contribution in [3.05, 3.63) is 56.4 Å². The summed E-state index contributed by atoms with van der Waals surface area (Å²) in [4.78, 5) is 16.1. The third-order valence-corrected chi connectivity index (χ3v) is 3.30. The molecule has 1 heterocycles. The highest BCUT2D eigenvalue weighted by molar-refractivity contribution is 14.1. The van der Waals surface area contributed by atoms with Crippen molar-refractivity contribution in [3.8, 4) is 0 Å². The van der Waals surface area contributed by atoms with Gasteiger partial charge < -0.3 is 5.32 Å². The van der Waals surface area contributed by atoms with Crippen LogP contribution in [0.4, 0.5) is 5.69 Å². The zero-order valence-corrected chi connectivity index (χ0v) is 12.5. The molecule has 0 spiro atoms. The van der Waals surface area contributed by atoms with Gasteiger partial charge in [-0.25, -0.2) is 0 Å². The molecule has 2 rings (SSSR count). The zero-order valence-electron chi connectivity index (χ0n) is 9.58. The van der Waals surface area contributed by atoms with E-state index in [0.717, 1.165) is 15.0 Å². The number of pyridine rings is 1. The SMILES string of the molecule is Cc1cc(Cl)c(C(=O)Nc2cccc(I)c2)cn1. The molecule has 0 atom stereocenters. The predicted molar refractivity (Wildman–Crippen MR) is 81.1 cm³/mol. The molecule has 0 aliphatic carbocycles. The van der Waals surface area contributed by atoms with E-state index in [0.29, 0.717) is 10.6 Å². The van der Waals surface area contributed by atoms with Gasteiger partial charge in [-0.15, -0.1) is 0 Å². The maximum Gasteiger partial charge on any atom is 0.258 e. The molecule has 1 N–H and O–H groups in total. The van der Waals surface area contributed by atoms with Crippen molar-refractivity contribution < 1.29 is 4.79 Å². The average molecular weight is 373 g/mol. The standard InChI is InChI=1S/C13H10ClIN2O/c1-8-5-12(14)11(7-16-8)13(18)17-10-4-2-3-9(15)6-10/h2-7H,1H3,(H,17,18). The van der Waals surface area contributed by atoms with E-state index in [-0.39, 0.29) is 5.91 Å². The molecule has 2 aromatic rings. The minimum Gasteiger partial charge on any atom is -0.322 e. The van der Waals surface area contributed by atoms with Gasteiger partial charge >= 0.3 is 0 Å². The van der Waals surface area contributed by atoms with Crippen LogP contribution in [0.3, 0.4) is 0 Å². The monoisotopic (exact) mass is 372 g/mol. The molecule has 0 unspecified atom stereocenters. The number of hydrogen-bond donors (Lipinski definition) is 1. The average Bonchev–Trinajstić information content (AvgIpc) is 2.28. The van der Waals surface area contributed by atoms with Crippen molar-refractivity contribution >= 4 is 45.8 Å². The molecule has 0 saturated carbocycles. The van der Waals surface area contributed by atoms with Crippen LogP contribution in [-0.2, 0) is 0 Å². The number of aromatic nitrogens is 1. The summed E-state index contributed by atoms with van der Waals surface area (Å²) in [6, 6.07) is 9.22. The van der Waals surface area contributed by atoms with E-state index in [1.54, 1.807) is 6.07 Å². The Kier molecular flexibility index (Phi) is 4.19. The van der Waals surface area contributed by atoms with Crippen molar-refractivity contribution in [1.82, 2.24) is 4.98 Å². The zero-order chi connectivity index (χ0) is 13.1. The van der Waals surface area contributed by atoms with Crippen molar-refractivity contribution in [2.75, 3.05) is 5.32 Å². The van der Waals surface area contributed by atoms with Crippen LogP contribution in [0.2, 0.25) is 5.02 Å². The number of anilines is 1. The Bertz CT molecular complexity index is 601. The number of nitrogens with one attached hydrogen (secondary N) is 1. The minimum atomic E-state index is -0.255. The van der Waals surface area contributed by atoms with Gasteiger partial charge in [0.05, 0.1) is 10.6 Å². The largest absolute Gasteiger partial charge is 0.322 e. The molecule has 0 aliphatic heterocycles. The first-order chi connectivity index (χ1) is 8.56. The topological polar surface area (TPSA) is 42.0 Å². The van der Waals surface area contributed by atoms with E-state index in [4.69, 9.17) is 11.6 Å². The molecule has 1 aromatic carbocycles. The van der Waals surface area contributed by atoms with Gasteiger partial charge in [0, 0.05) is 21.1 Å². The fourth-order valence-corrected chi connectivity index (χ4v) is 2.29. The first-order valence-electron chi connectivity index (χ1n) is 5.25. The predicted octanol–water partition coefficient (Wildman–Crippen LogP) is 3.90. The van der Waals surface area contributed by atoms with Crippen LogP contribution in [0.1, 0.15) is 16.1 Å². The second kappa shape index (κ2) is 5.67. The quantitative estimate of drug-likeness (QED) is 0.813. The molecule has 0 aliphatic rings. The van der Waals surface area contributed by atoms with Crippen LogP contribution in [0.5, 0.6) is 0 Å². The van der Waals surface area contributed by atoms with Crippen LogP contribution < -0.4 is 5.32 Å². The summed E-state index contributed by atoms with van der Waals surface area (Å²) in [6.07, 6.45) is 1.49. The number of hydrogen-bond acceptors (Lipinski definition) is 2. The van der Waals surface area contributed by atoms with Crippen LogP contribution >= 0.6 is 34.2 Å². The molecule has 1 aromatic heterocycles. The molecule has 0 radical (unpaired) electrons. The number of amides is 1. The van der Waals surface area contributed by atoms with Gasteiger partial charge in [0.1, 0.15) is 0 Å². The highest BCUT2D eigenvalue weighted by Gasteiger charge is 2.11. The lowest BCUT2D eigenvalue weighted by Gasteiger charge is -2.07. The highest BCUT2D eigenvalue weighted by Crippen LogP contribution is 2.18. The normalized spacial score (nSPS) is 10.2. The molecular weight excluding hydrogens is 363 g/mol. The Morgan fingerprint density at radius 2 is 2.17 bits per heavy atom. The van der Waals surface area contributed by atoms with Crippen LogP contribution in [0.15, 0.2) is 36.5 Å². The summed E-state index contributed by atoms with van der Waals surface area (Å²) < 4.78 is 1.05. The second-order valence-corrected chi connectivity index (χ2v) is 5.42. The number of carbonyl (C=O) groups is 1. The van der Waals surface area contributed by atoms with E-state index in [2.05, 4.69) is 32.9 Å². The Balaban J connectivity index is 2.22. The fraction of sp³-hybridized carbons (Fsp3) is 0.0769. The van der Waals surface area contributed by atoms with E-state index in [1.165, 1.54) is 6.20 Å². The van der Waals surface area contributed by atoms with Gasteiger partial charge in [-0.2, -0.15) is 0 Å². The molecule has 3 nitrogen and oxygen atoms in total. The Morgan fingerprint density at radius 1 is 1.39 bits per heavy atom. The van der Waals surface area contributed by atoms with Crippen LogP contribution in [-0.4, -0.2) is 10.9 Å². The molecule has 1 amide bonds. The van der Waals surface area contributed by atoms with Gasteiger partial charge in [-0.05, 0) is 53.8 Å². The summed E-state index contributed by atoms with van der Waals surface area (Å²) in [5.41, 5.74) is 1.90. The summed E-state index contributed by atoms with van der Waals surface area (Å²) in [5, 5.41) is 3.20. The molecular formula is C13H10ClIN2O. The smallest absolute Gasteiger partial charge is 0.258 e. The molecule has 18 heavy (non-hydrogen) atoms. The Morgan fingerprint density at radius 3 is 2.83 bits per heavy atom. The maximum absolute atomic E-state index is 12.0. The van der Waals surface area contributed by atoms with Gasteiger partial charge in [-0.1, -0.05) is 17.7 Å². The van der Waals surface area contributed by atoms with Gasteiger partial charge in [0.25, 0.3) is 5.91 Å². The molecule has 92 valence electrons. The second-order valence-electron chi connectivity index (χ2n) is 3.77. The molecule has 0 saturated heterocycles. The Hall–Kier alpha value is -1.14. The lowest BCUT2D eigenvalue weighted by molar-refractivity contribution is 0.102. The van der Waals surface area contributed by atoms with Crippen molar-refractivity contribution in [2.24, 2.45) is 0 Å². The molecule has 0 fully saturated rings. The summed E-state index contributed by atoms with van der Waals surface area (Å²) >= 11 is 8.21. The number of halogens is 2. The minimum absolute atomic E-state index is 0.255. The van der Waals surface area contributed by atoms with Crippen molar-refractivity contribution in [2.45, 2.75) is 6.92 Å². The lowest BCUT2D eigenvalue weighted by Crippen LogP contribution is -2.13. The first-order valence-corrected chi connectivity index (χ1v) is 6.71. The number of benzene rings is 1. The highest BCUT2D eigenvalue weighted by atomic mass is 127. The molecule has 5 heteroatoms. The third kappa shape index (κ3) is 3.20. The number of rotatable bonds is 2. The van der Waals surface area contributed by atoms with Crippen molar-refractivity contribution in [1.29, 1.82) is 0 Å². The van der Waals surface area contributed by atoms with E-state index in [1.807, 2.05) is 31.2 Å². The van der Waals surface area contributed by atoms with E-state index < -0.39 is 0 Å². The van der Waals surface area contributed by atoms with Gasteiger partial charge in [0.2, 0.25) is 0 Å². The first kappa shape index (κ1) is 13.3. The summed E-state index contributed by atoms with van der Waals surface area (Å²) in [5.74, 6) is -0.255. The fourth-order valence-electron chi connectivity index (χ4n) is 1.46. The Labute approximate surface area is 124 Å². The van der Waals surface area contributed by atoms with Gasteiger partial charge in [0.15, 0.2) is 0 Å². The van der Waals surface area contributed by atoms with E-state index in [9.17, 15) is 4.79 Å². The number of nitrogens with zero attached hydrogens (tertiary/aromatic N) is 1. The lowest BCUT2D eigenvalue weighted by atomic mass is 10.2. The van der Waals surface area contributed by atoms with Crippen molar-refractivity contribution in [3.63, 3.8) is 0 Å². The van der Waals surface area contributed by atoms with E-state index >= 15 is 0 Å². The third-order valence-electron chi connectivity index (χ3n) is 2.32. The van der Waals surface area contributed by atoms with Crippen LogP contribution in [0, 0.1) is 10.5 Å². The maximum atomic E-state index is 12.0. The molecule has 0 bridgehead atoms. The number of carbonyl (C=O) groups excluding carboxylic acids is 1. The number of aryl methyl sites for hydroxylation is 1. The van der Waals surface area contributed by atoms with Crippen LogP contribution in [0.25, 0.3) is 0 Å².